The highest BCUT2D eigenvalue weighted by Crippen LogP contribution is 2.28. The molecule has 2 aromatic carbocycles. The number of fused-ring (bicyclic) bond motifs is 1. The van der Waals surface area contributed by atoms with Crippen LogP contribution in [0.25, 0.3) is 10.9 Å². The number of rotatable bonds is 6. The van der Waals surface area contributed by atoms with Gasteiger partial charge in [-0.15, -0.1) is 0 Å². The van der Waals surface area contributed by atoms with Gasteiger partial charge in [0.1, 0.15) is 12.1 Å². The summed E-state index contributed by atoms with van der Waals surface area (Å²) >= 11 is 0. The molecular weight excluding hydrogens is 417 g/mol. The molecule has 1 fully saturated rings. The number of aromatic nitrogens is 3. The third-order valence-electron chi connectivity index (χ3n) is 6.55. The first-order valence-corrected chi connectivity index (χ1v) is 11.5. The lowest BCUT2D eigenvalue weighted by molar-refractivity contribution is 0.190. The van der Waals surface area contributed by atoms with Crippen LogP contribution in [0.2, 0.25) is 0 Å². The van der Waals surface area contributed by atoms with Crippen molar-refractivity contribution >= 4 is 16.9 Å². The number of hydrogen-bond donors (Lipinski definition) is 1. The molecule has 6 nitrogen and oxygen atoms in total. The molecule has 7 heteroatoms. The van der Waals surface area contributed by atoms with Crippen molar-refractivity contribution in [3.63, 3.8) is 0 Å². The Morgan fingerprint density at radius 1 is 1.03 bits per heavy atom. The van der Waals surface area contributed by atoms with Crippen LogP contribution < -0.4 is 5.32 Å². The van der Waals surface area contributed by atoms with E-state index in [-0.39, 0.29) is 11.8 Å². The van der Waals surface area contributed by atoms with Crippen molar-refractivity contribution in [3.8, 4) is 0 Å². The molecule has 1 saturated heterocycles. The predicted octanol–water partition coefficient (Wildman–Crippen LogP) is 4.61. The van der Waals surface area contributed by atoms with E-state index in [1.165, 1.54) is 39.5 Å². The Labute approximate surface area is 192 Å². The second-order valence-electron chi connectivity index (χ2n) is 8.69. The van der Waals surface area contributed by atoms with Crippen LogP contribution in [0, 0.1) is 5.82 Å². The quantitative estimate of drug-likeness (QED) is 0.471. The smallest absolute Gasteiger partial charge is 0.327 e. The number of nitrogens with zero attached hydrogens (tertiary/aromatic N) is 4. The molecule has 4 aromatic rings. The van der Waals surface area contributed by atoms with Crippen LogP contribution >= 0.6 is 0 Å². The van der Waals surface area contributed by atoms with E-state index < -0.39 is 0 Å². The van der Waals surface area contributed by atoms with Crippen molar-refractivity contribution in [2.24, 2.45) is 0 Å². The normalized spacial score (nSPS) is 15.2. The first-order chi connectivity index (χ1) is 16.2. The van der Waals surface area contributed by atoms with Crippen LogP contribution in [0.3, 0.4) is 0 Å². The van der Waals surface area contributed by atoms with E-state index in [0.29, 0.717) is 12.6 Å². The van der Waals surface area contributed by atoms with Gasteiger partial charge in [-0.25, -0.2) is 14.2 Å². The van der Waals surface area contributed by atoms with E-state index in [1.54, 1.807) is 12.4 Å². The van der Waals surface area contributed by atoms with Gasteiger partial charge in [0.25, 0.3) is 0 Å². The molecule has 0 aliphatic carbocycles. The number of imidazole rings is 1. The molecule has 0 saturated carbocycles. The zero-order valence-electron chi connectivity index (χ0n) is 18.5. The van der Waals surface area contributed by atoms with Gasteiger partial charge in [0.2, 0.25) is 0 Å². The Morgan fingerprint density at radius 3 is 2.58 bits per heavy atom. The van der Waals surface area contributed by atoms with E-state index in [4.69, 9.17) is 0 Å². The largest absolute Gasteiger partial charge is 0.344 e. The van der Waals surface area contributed by atoms with E-state index in [2.05, 4.69) is 50.2 Å². The molecule has 170 valence electrons. The highest BCUT2D eigenvalue weighted by molar-refractivity contribution is 5.81. The summed E-state index contributed by atoms with van der Waals surface area (Å²) < 4.78 is 16.9. The Hall–Kier alpha value is -3.45. The Bertz CT molecular complexity index is 1210. The summed E-state index contributed by atoms with van der Waals surface area (Å²) in [6.07, 6.45) is 10.1. The molecule has 1 aliphatic heterocycles. The second-order valence-corrected chi connectivity index (χ2v) is 8.69. The average Bonchev–Trinajstić information content (AvgIpc) is 3.53. The van der Waals surface area contributed by atoms with Crippen LogP contribution in [0.1, 0.15) is 30.0 Å². The summed E-state index contributed by atoms with van der Waals surface area (Å²) in [5, 5.41) is 4.16. The van der Waals surface area contributed by atoms with E-state index in [1.807, 2.05) is 12.1 Å². The second kappa shape index (κ2) is 9.58. The van der Waals surface area contributed by atoms with E-state index in [0.717, 1.165) is 44.5 Å². The van der Waals surface area contributed by atoms with Crippen molar-refractivity contribution < 1.29 is 9.18 Å². The lowest BCUT2D eigenvalue weighted by Crippen LogP contribution is -2.35. The third-order valence-corrected chi connectivity index (χ3v) is 6.55. The van der Waals surface area contributed by atoms with Crippen LogP contribution in [0.15, 0.2) is 73.4 Å². The lowest BCUT2D eigenvalue weighted by atomic mass is 10.0. The van der Waals surface area contributed by atoms with Gasteiger partial charge in [0, 0.05) is 56.3 Å². The van der Waals surface area contributed by atoms with Crippen molar-refractivity contribution in [1.82, 2.24) is 24.3 Å². The zero-order valence-corrected chi connectivity index (χ0v) is 18.5. The average molecular weight is 446 g/mol. The molecule has 0 unspecified atom stereocenters. The Kier molecular flexibility index (Phi) is 6.21. The fourth-order valence-electron chi connectivity index (χ4n) is 4.63. The fraction of sp³-hybridized carbons (Fsp3) is 0.308. The standard InChI is InChI=1S/C26H28FN5O/c27-23-5-2-20(3-6-23)7-12-30-13-9-24(10-14-30)32-15-8-22-4-1-21(17-25(22)32)18-29-26(33)31-16-11-28-19-31/h1-6,8,11,15-17,19,24H,7,9-10,12-14,18H2,(H,29,33). The molecule has 1 amide bonds. The summed E-state index contributed by atoms with van der Waals surface area (Å²) in [6.45, 7) is 3.60. The first kappa shape index (κ1) is 21.4. The van der Waals surface area contributed by atoms with Gasteiger partial charge in [-0.05, 0) is 60.0 Å². The summed E-state index contributed by atoms with van der Waals surface area (Å²) in [6, 6.07) is 15.7. The SMILES string of the molecule is O=C(NCc1ccc2ccn(C3CCN(CCc4ccc(F)cc4)CC3)c2c1)n1ccnc1. The fourth-order valence-corrected chi connectivity index (χ4v) is 4.63. The number of nitrogens with one attached hydrogen (secondary N) is 1. The topological polar surface area (TPSA) is 55.1 Å². The number of carbonyl (C=O) groups is 1. The summed E-state index contributed by atoms with van der Waals surface area (Å²) in [5.74, 6) is -0.178. The van der Waals surface area contributed by atoms with Crippen molar-refractivity contribution in [2.75, 3.05) is 19.6 Å². The number of hydrogen-bond acceptors (Lipinski definition) is 3. The lowest BCUT2D eigenvalue weighted by Gasteiger charge is -2.33. The van der Waals surface area contributed by atoms with Gasteiger partial charge < -0.3 is 14.8 Å². The van der Waals surface area contributed by atoms with Gasteiger partial charge in [0.15, 0.2) is 0 Å². The minimum atomic E-state index is -0.184. The highest BCUT2D eigenvalue weighted by Gasteiger charge is 2.21. The maximum Gasteiger partial charge on any atom is 0.327 e. The molecule has 3 heterocycles. The summed E-state index contributed by atoms with van der Waals surface area (Å²) in [5.41, 5.74) is 3.48. The van der Waals surface area contributed by atoms with Gasteiger partial charge in [-0.2, -0.15) is 0 Å². The maximum atomic E-state index is 13.1. The monoisotopic (exact) mass is 445 g/mol. The van der Waals surface area contributed by atoms with Crippen LogP contribution in [-0.2, 0) is 13.0 Å². The molecule has 1 aliphatic rings. The highest BCUT2D eigenvalue weighted by atomic mass is 19.1. The summed E-state index contributed by atoms with van der Waals surface area (Å²) in [7, 11) is 0. The summed E-state index contributed by atoms with van der Waals surface area (Å²) in [4.78, 5) is 18.6. The number of carbonyl (C=O) groups excluding carboxylic acids is 1. The molecule has 0 radical (unpaired) electrons. The van der Waals surface area contributed by atoms with E-state index >= 15 is 0 Å². The number of piperidine rings is 1. The third kappa shape index (κ3) is 4.98. The molecule has 0 atom stereocenters. The first-order valence-electron chi connectivity index (χ1n) is 11.5. The minimum Gasteiger partial charge on any atom is -0.344 e. The molecule has 0 spiro atoms. The maximum absolute atomic E-state index is 13.1. The number of halogens is 1. The van der Waals surface area contributed by atoms with Gasteiger partial charge in [-0.3, -0.25) is 4.57 Å². The molecular formula is C26H28FN5O. The molecule has 33 heavy (non-hydrogen) atoms. The predicted molar refractivity (Wildman–Crippen MR) is 127 cm³/mol. The zero-order chi connectivity index (χ0) is 22.6. The Morgan fingerprint density at radius 2 is 1.82 bits per heavy atom. The molecule has 2 aromatic heterocycles. The molecule has 5 rings (SSSR count). The molecule has 0 bridgehead atoms. The Balaban J connectivity index is 1.19. The van der Waals surface area contributed by atoms with Crippen LogP contribution in [-0.4, -0.2) is 44.7 Å². The van der Waals surface area contributed by atoms with Gasteiger partial charge >= 0.3 is 6.03 Å². The van der Waals surface area contributed by atoms with Crippen molar-refractivity contribution in [1.29, 1.82) is 0 Å². The molecule has 1 N–H and O–H groups in total. The number of benzene rings is 2. The number of likely N-dealkylation sites (tertiary alicyclic amines) is 1. The number of amides is 1. The van der Waals surface area contributed by atoms with Crippen molar-refractivity contribution in [2.45, 2.75) is 31.8 Å². The van der Waals surface area contributed by atoms with Crippen LogP contribution in [0.4, 0.5) is 9.18 Å². The van der Waals surface area contributed by atoms with Crippen molar-refractivity contribution in [3.05, 3.63) is 90.4 Å². The minimum absolute atomic E-state index is 0.178. The van der Waals surface area contributed by atoms with Crippen LogP contribution in [0.5, 0.6) is 0 Å². The van der Waals surface area contributed by atoms with Gasteiger partial charge in [0.05, 0.1) is 0 Å². The van der Waals surface area contributed by atoms with Gasteiger partial charge in [-0.1, -0.05) is 24.3 Å². The van der Waals surface area contributed by atoms with E-state index in [9.17, 15) is 9.18 Å².